The molecule has 1 saturated heterocycles. The highest BCUT2D eigenvalue weighted by molar-refractivity contribution is 5.44. The van der Waals surface area contributed by atoms with Gasteiger partial charge in [-0.25, -0.2) is 4.98 Å². The summed E-state index contributed by atoms with van der Waals surface area (Å²) in [6, 6.07) is 4.18. The summed E-state index contributed by atoms with van der Waals surface area (Å²) in [5, 5.41) is 9.45. The number of aliphatic hydroxyl groups is 1. The number of aromatic nitrogens is 1. The zero-order valence-electron chi connectivity index (χ0n) is 10.5. The lowest BCUT2D eigenvalue weighted by molar-refractivity contribution is 0.244. The van der Waals surface area contributed by atoms with Crippen LogP contribution in [0.2, 0.25) is 0 Å². The molecule has 0 amide bonds. The Morgan fingerprint density at radius 2 is 2.41 bits per heavy atom. The summed E-state index contributed by atoms with van der Waals surface area (Å²) in [6.07, 6.45) is 2.90. The number of nitrogens with zero attached hydrogens (tertiary/aromatic N) is 2. The molecule has 1 aromatic heterocycles. The summed E-state index contributed by atoms with van der Waals surface area (Å²) in [5.74, 6) is 1.45. The molecule has 0 aromatic carbocycles. The van der Waals surface area contributed by atoms with E-state index in [0.29, 0.717) is 5.92 Å². The smallest absolute Gasteiger partial charge is 0.129 e. The van der Waals surface area contributed by atoms with Gasteiger partial charge in [0.2, 0.25) is 0 Å². The first kappa shape index (κ1) is 12.3. The predicted octanol–water partition coefficient (Wildman–Crippen LogP) is 1.31. The quantitative estimate of drug-likeness (QED) is 0.829. The van der Waals surface area contributed by atoms with E-state index in [1.165, 1.54) is 0 Å². The molecule has 1 aliphatic heterocycles. The van der Waals surface area contributed by atoms with Crippen LogP contribution in [-0.4, -0.2) is 29.3 Å². The molecular formula is C13H21N3O. The second-order valence-corrected chi connectivity index (χ2v) is 4.95. The van der Waals surface area contributed by atoms with Crippen molar-refractivity contribution in [2.24, 2.45) is 11.7 Å². The predicted molar refractivity (Wildman–Crippen MR) is 68.8 cm³/mol. The van der Waals surface area contributed by atoms with Crippen molar-refractivity contribution in [3.05, 3.63) is 23.9 Å². The lowest BCUT2D eigenvalue weighted by atomic mass is 10.0. The highest BCUT2D eigenvalue weighted by Gasteiger charge is 2.31. The standard InChI is InChI=1S/C13H21N3O/c1-9-4-6-16(12(9)8-17)13-7-11(10(2)14)3-5-15-13/h3,5,7,9-10,12,17H,4,6,8,14H2,1-2H3/t9?,10-,12?/m1/s1. The molecule has 4 nitrogen and oxygen atoms in total. The number of pyridine rings is 1. The zero-order valence-corrected chi connectivity index (χ0v) is 10.5. The molecule has 17 heavy (non-hydrogen) atoms. The second kappa shape index (κ2) is 5.02. The lowest BCUT2D eigenvalue weighted by Gasteiger charge is -2.26. The molecule has 3 N–H and O–H groups in total. The van der Waals surface area contributed by atoms with Crippen LogP contribution in [0.3, 0.4) is 0 Å². The van der Waals surface area contributed by atoms with Crippen molar-refractivity contribution in [2.45, 2.75) is 32.4 Å². The van der Waals surface area contributed by atoms with E-state index >= 15 is 0 Å². The lowest BCUT2D eigenvalue weighted by Crippen LogP contribution is -2.35. The highest BCUT2D eigenvalue weighted by Crippen LogP contribution is 2.29. The fraction of sp³-hybridized carbons (Fsp3) is 0.615. The van der Waals surface area contributed by atoms with Crippen LogP contribution in [0, 0.1) is 5.92 Å². The Morgan fingerprint density at radius 3 is 3.06 bits per heavy atom. The van der Waals surface area contributed by atoms with Crippen molar-refractivity contribution >= 4 is 5.82 Å². The summed E-state index contributed by atoms with van der Waals surface area (Å²) in [5.41, 5.74) is 6.97. The SMILES string of the molecule is CC1CCN(c2cc([C@@H](C)N)ccn2)C1CO. The summed E-state index contributed by atoms with van der Waals surface area (Å²) >= 11 is 0. The van der Waals surface area contributed by atoms with Gasteiger partial charge in [-0.05, 0) is 37.0 Å². The Kier molecular flexibility index (Phi) is 3.64. The van der Waals surface area contributed by atoms with Gasteiger partial charge in [0.1, 0.15) is 5.82 Å². The van der Waals surface area contributed by atoms with Gasteiger partial charge in [-0.2, -0.15) is 0 Å². The van der Waals surface area contributed by atoms with Crippen LogP contribution in [0.1, 0.15) is 31.9 Å². The van der Waals surface area contributed by atoms with Gasteiger partial charge in [0, 0.05) is 18.8 Å². The molecule has 2 rings (SSSR count). The molecule has 0 radical (unpaired) electrons. The van der Waals surface area contributed by atoms with Crippen LogP contribution < -0.4 is 10.6 Å². The average molecular weight is 235 g/mol. The Morgan fingerprint density at radius 1 is 1.65 bits per heavy atom. The van der Waals surface area contributed by atoms with Gasteiger partial charge in [-0.15, -0.1) is 0 Å². The van der Waals surface area contributed by atoms with Gasteiger partial charge < -0.3 is 15.7 Å². The zero-order chi connectivity index (χ0) is 12.4. The van der Waals surface area contributed by atoms with Crippen molar-refractivity contribution in [1.82, 2.24) is 4.98 Å². The Bertz CT molecular complexity index is 381. The Hall–Kier alpha value is -1.13. The number of anilines is 1. The molecule has 2 unspecified atom stereocenters. The van der Waals surface area contributed by atoms with E-state index in [0.717, 1.165) is 24.3 Å². The fourth-order valence-corrected chi connectivity index (χ4v) is 2.45. The minimum Gasteiger partial charge on any atom is -0.394 e. The van der Waals surface area contributed by atoms with E-state index in [1.54, 1.807) is 6.20 Å². The molecule has 94 valence electrons. The number of hydrogen-bond acceptors (Lipinski definition) is 4. The van der Waals surface area contributed by atoms with Crippen LogP contribution in [0.4, 0.5) is 5.82 Å². The third kappa shape index (κ3) is 2.42. The molecule has 0 saturated carbocycles. The van der Waals surface area contributed by atoms with Crippen LogP contribution in [0.5, 0.6) is 0 Å². The van der Waals surface area contributed by atoms with Crippen LogP contribution in [0.25, 0.3) is 0 Å². The normalized spacial score (nSPS) is 26.2. The topological polar surface area (TPSA) is 62.4 Å². The first-order valence-electron chi connectivity index (χ1n) is 6.22. The van der Waals surface area contributed by atoms with Crippen molar-refractivity contribution in [2.75, 3.05) is 18.1 Å². The highest BCUT2D eigenvalue weighted by atomic mass is 16.3. The van der Waals surface area contributed by atoms with Gasteiger partial charge in [0.25, 0.3) is 0 Å². The molecule has 1 aromatic rings. The summed E-state index contributed by atoms with van der Waals surface area (Å²) in [7, 11) is 0. The maximum absolute atomic E-state index is 9.45. The Balaban J connectivity index is 2.25. The largest absolute Gasteiger partial charge is 0.394 e. The van der Waals surface area contributed by atoms with Crippen molar-refractivity contribution in [1.29, 1.82) is 0 Å². The molecule has 3 atom stereocenters. The number of nitrogens with two attached hydrogens (primary N) is 1. The molecule has 4 heteroatoms. The summed E-state index contributed by atoms with van der Waals surface area (Å²) < 4.78 is 0. The van der Waals surface area contributed by atoms with Gasteiger partial charge in [0.15, 0.2) is 0 Å². The molecule has 0 aliphatic carbocycles. The van der Waals surface area contributed by atoms with E-state index in [-0.39, 0.29) is 18.7 Å². The van der Waals surface area contributed by atoms with Crippen molar-refractivity contribution in [3.8, 4) is 0 Å². The van der Waals surface area contributed by atoms with E-state index in [1.807, 2.05) is 19.1 Å². The van der Waals surface area contributed by atoms with Crippen LogP contribution >= 0.6 is 0 Å². The third-order valence-corrected chi connectivity index (χ3v) is 3.66. The molecule has 0 bridgehead atoms. The summed E-state index contributed by atoms with van der Waals surface area (Å²) in [6.45, 7) is 5.29. The summed E-state index contributed by atoms with van der Waals surface area (Å²) in [4.78, 5) is 6.59. The van der Waals surface area contributed by atoms with Crippen molar-refractivity contribution < 1.29 is 5.11 Å². The monoisotopic (exact) mass is 235 g/mol. The maximum atomic E-state index is 9.45. The van der Waals surface area contributed by atoms with Crippen LogP contribution in [0.15, 0.2) is 18.3 Å². The van der Waals surface area contributed by atoms with Crippen LogP contribution in [-0.2, 0) is 0 Å². The Labute approximate surface area is 102 Å². The van der Waals surface area contributed by atoms with Gasteiger partial charge >= 0.3 is 0 Å². The fourth-order valence-electron chi connectivity index (χ4n) is 2.45. The molecule has 1 fully saturated rings. The van der Waals surface area contributed by atoms with Crippen molar-refractivity contribution in [3.63, 3.8) is 0 Å². The van der Waals surface area contributed by atoms with Gasteiger partial charge in [-0.3, -0.25) is 0 Å². The molecular weight excluding hydrogens is 214 g/mol. The van der Waals surface area contributed by atoms with E-state index in [9.17, 15) is 5.11 Å². The first-order chi connectivity index (χ1) is 8.13. The second-order valence-electron chi connectivity index (χ2n) is 4.95. The van der Waals surface area contributed by atoms with E-state index in [2.05, 4.69) is 16.8 Å². The maximum Gasteiger partial charge on any atom is 0.129 e. The van der Waals surface area contributed by atoms with E-state index < -0.39 is 0 Å². The van der Waals surface area contributed by atoms with E-state index in [4.69, 9.17) is 5.73 Å². The average Bonchev–Trinajstić information content (AvgIpc) is 2.70. The number of rotatable bonds is 3. The number of hydrogen-bond donors (Lipinski definition) is 2. The molecule has 0 spiro atoms. The van der Waals surface area contributed by atoms with Gasteiger partial charge in [-0.1, -0.05) is 6.92 Å². The number of aliphatic hydroxyl groups excluding tert-OH is 1. The first-order valence-corrected chi connectivity index (χ1v) is 6.22. The van der Waals surface area contributed by atoms with Gasteiger partial charge in [0.05, 0.1) is 12.6 Å². The minimum atomic E-state index is 0.0179. The molecule has 1 aliphatic rings. The minimum absolute atomic E-state index is 0.0179. The third-order valence-electron chi connectivity index (χ3n) is 3.66. The molecule has 2 heterocycles.